The zero-order chi connectivity index (χ0) is 17.5. The molecule has 1 aromatic carbocycles. The van der Waals surface area contributed by atoms with E-state index >= 15 is 0 Å². The second-order valence-electron chi connectivity index (χ2n) is 5.20. The molecule has 1 atom stereocenters. The molecule has 0 aliphatic heterocycles. The van der Waals surface area contributed by atoms with Crippen molar-refractivity contribution in [2.24, 2.45) is 7.05 Å². The Morgan fingerprint density at radius 2 is 2.21 bits per heavy atom. The maximum atomic E-state index is 12.1. The number of nitrogens with zero attached hydrogens (tertiary/aromatic N) is 3. The number of ether oxygens (including phenoxy) is 1. The van der Waals surface area contributed by atoms with Crippen molar-refractivity contribution in [1.82, 2.24) is 25.4 Å². The Morgan fingerprint density at radius 1 is 1.42 bits per heavy atom. The number of nitrogens with one attached hydrogen (secondary N) is 2. The van der Waals surface area contributed by atoms with Crippen LogP contribution in [0.15, 0.2) is 30.6 Å². The quantitative estimate of drug-likeness (QED) is 0.809. The number of hydrogen-bond donors (Lipinski definition) is 2. The topological polar surface area (TPSA) is 81.1 Å². The van der Waals surface area contributed by atoms with E-state index in [0.717, 1.165) is 5.56 Å². The number of aromatic nitrogens is 3. The minimum atomic E-state index is -2.53. The summed E-state index contributed by atoms with van der Waals surface area (Å²) >= 11 is 0. The fourth-order valence-corrected chi connectivity index (χ4v) is 2.08. The van der Waals surface area contributed by atoms with Crippen LogP contribution in [0.5, 0.6) is 5.75 Å². The van der Waals surface area contributed by atoms with Crippen molar-refractivity contribution in [3.63, 3.8) is 0 Å². The third kappa shape index (κ3) is 5.18. The maximum Gasteiger partial charge on any atom is 0.315 e. The maximum absolute atomic E-state index is 12.1. The Bertz CT molecular complexity index is 677. The molecule has 2 aromatic rings. The summed E-state index contributed by atoms with van der Waals surface area (Å²) in [5, 5.41) is 13.1. The monoisotopic (exact) mass is 339 g/mol. The molecule has 2 amide bonds. The summed E-state index contributed by atoms with van der Waals surface area (Å²) in [4.78, 5) is 11.9. The molecule has 1 aromatic heterocycles. The first-order valence-electron chi connectivity index (χ1n) is 7.34. The van der Waals surface area contributed by atoms with Crippen LogP contribution in [0, 0.1) is 0 Å². The fraction of sp³-hybridized carbons (Fsp3) is 0.400. The summed E-state index contributed by atoms with van der Waals surface area (Å²) in [6.45, 7) is 1.37. The summed E-state index contributed by atoms with van der Waals surface area (Å²) in [5.74, 6) is 0.968. The highest BCUT2D eigenvalue weighted by molar-refractivity contribution is 5.74. The van der Waals surface area contributed by atoms with Crippen molar-refractivity contribution < 1.29 is 18.3 Å². The second-order valence-corrected chi connectivity index (χ2v) is 5.20. The lowest BCUT2D eigenvalue weighted by Crippen LogP contribution is -2.37. The van der Waals surface area contributed by atoms with Crippen LogP contribution in [0.4, 0.5) is 13.6 Å². The van der Waals surface area contributed by atoms with Gasteiger partial charge in [-0.15, -0.1) is 10.2 Å². The van der Waals surface area contributed by atoms with Gasteiger partial charge in [0.15, 0.2) is 5.82 Å². The highest BCUT2D eigenvalue weighted by Gasteiger charge is 2.13. The number of amides is 2. The smallest absolute Gasteiger partial charge is 0.315 e. The third-order valence-corrected chi connectivity index (χ3v) is 3.21. The molecule has 2 N–H and O–H groups in total. The Hall–Kier alpha value is -2.71. The van der Waals surface area contributed by atoms with Crippen molar-refractivity contribution in [2.45, 2.75) is 25.9 Å². The average Bonchev–Trinajstić information content (AvgIpc) is 2.97. The standard InChI is InChI=1S/C15H19F2N5O2/c1-10(14-21-19-9-22(14)2)20-15(23)18-7-11-4-3-5-12(6-11)24-8-13(16)17/h3-6,9-10,13H,7-8H2,1-2H3,(H2,18,20,23). The normalized spacial score (nSPS) is 12.0. The highest BCUT2D eigenvalue weighted by atomic mass is 19.3. The number of aryl methyl sites for hydroxylation is 1. The molecule has 0 radical (unpaired) electrons. The minimum Gasteiger partial charge on any atom is -0.488 e. The van der Waals surface area contributed by atoms with Gasteiger partial charge in [-0.25, -0.2) is 13.6 Å². The predicted molar refractivity (Wildman–Crippen MR) is 82.7 cm³/mol. The van der Waals surface area contributed by atoms with Crippen LogP contribution >= 0.6 is 0 Å². The minimum absolute atomic E-state index is 0.239. The van der Waals surface area contributed by atoms with E-state index in [9.17, 15) is 13.6 Å². The Morgan fingerprint density at radius 3 is 2.88 bits per heavy atom. The number of carbonyl (C=O) groups excluding carboxylic acids is 1. The molecular formula is C15H19F2N5O2. The van der Waals surface area contributed by atoms with E-state index < -0.39 is 13.0 Å². The lowest BCUT2D eigenvalue weighted by Gasteiger charge is -2.14. The molecule has 0 spiro atoms. The number of urea groups is 1. The van der Waals surface area contributed by atoms with Crippen LogP contribution in [0.1, 0.15) is 24.4 Å². The van der Waals surface area contributed by atoms with Crippen LogP contribution in [-0.4, -0.2) is 33.8 Å². The molecule has 2 rings (SSSR count). The zero-order valence-corrected chi connectivity index (χ0v) is 13.4. The summed E-state index contributed by atoms with van der Waals surface area (Å²) in [5.41, 5.74) is 0.739. The molecule has 0 aliphatic carbocycles. The van der Waals surface area contributed by atoms with E-state index in [-0.39, 0.29) is 18.6 Å². The largest absolute Gasteiger partial charge is 0.488 e. The van der Waals surface area contributed by atoms with Gasteiger partial charge in [0.05, 0.1) is 6.04 Å². The highest BCUT2D eigenvalue weighted by Crippen LogP contribution is 2.14. The van der Waals surface area contributed by atoms with Crippen molar-refractivity contribution in [3.8, 4) is 5.75 Å². The van der Waals surface area contributed by atoms with Crippen molar-refractivity contribution >= 4 is 6.03 Å². The SMILES string of the molecule is CC(NC(=O)NCc1cccc(OCC(F)F)c1)c1nncn1C. The molecule has 1 heterocycles. The molecule has 0 saturated carbocycles. The van der Waals surface area contributed by atoms with E-state index in [0.29, 0.717) is 11.6 Å². The molecule has 9 heteroatoms. The second kappa shape index (κ2) is 8.23. The zero-order valence-electron chi connectivity index (χ0n) is 13.4. The van der Waals surface area contributed by atoms with Crippen LogP contribution in [-0.2, 0) is 13.6 Å². The van der Waals surface area contributed by atoms with Gasteiger partial charge in [0, 0.05) is 13.6 Å². The predicted octanol–water partition coefficient (Wildman–Crippen LogP) is 2.02. The van der Waals surface area contributed by atoms with Crippen LogP contribution < -0.4 is 15.4 Å². The first-order valence-corrected chi connectivity index (χ1v) is 7.34. The van der Waals surface area contributed by atoms with Crippen molar-refractivity contribution in [3.05, 3.63) is 42.0 Å². The van der Waals surface area contributed by atoms with Gasteiger partial charge >= 0.3 is 6.03 Å². The van der Waals surface area contributed by atoms with Crippen molar-refractivity contribution in [1.29, 1.82) is 0 Å². The van der Waals surface area contributed by atoms with Gasteiger partial charge in [0.1, 0.15) is 18.7 Å². The first-order chi connectivity index (χ1) is 11.5. The molecule has 0 saturated heterocycles. The van der Waals surface area contributed by atoms with E-state index in [2.05, 4.69) is 20.8 Å². The van der Waals surface area contributed by atoms with E-state index in [1.54, 1.807) is 49.1 Å². The van der Waals surface area contributed by atoms with Crippen LogP contribution in [0.25, 0.3) is 0 Å². The molecule has 0 bridgehead atoms. The Balaban J connectivity index is 1.83. The molecular weight excluding hydrogens is 320 g/mol. The summed E-state index contributed by atoms with van der Waals surface area (Å²) in [6, 6.07) is 5.96. The van der Waals surface area contributed by atoms with E-state index in [1.165, 1.54) is 0 Å². The molecule has 24 heavy (non-hydrogen) atoms. The molecule has 7 nitrogen and oxygen atoms in total. The van der Waals surface area contributed by atoms with Crippen molar-refractivity contribution in [2.75, 3.05) is 6.61 Å². The number of rotatable bonds is 7. The van der Waals surface area contributed by atoms with Gasteiger partial charge in [0.25, 0.3) is 6.43 Å². The molecule has 0 aliphatic rings. The Kier molecular flexibility index (Phi) is 6.05. The van der Waals surface area contributed by atoms with E-state index in [4.69, 9.17) is 4.74 Å². The molecule has 130 valence electrons. The number of benzene rings is 1. The number of alkyl halides is 2. The summed E-state index contributed by atoms with van der Waals surface area (Å²) in [6.07, 6.45) is -0.976. The average molecular weight is 339 g/mol. The van der Waals surface area contributed by atoms with Gasteiger partial charge in [0.2, 0.25) is 0 Å². The number of halogens is 2. The summed E-state index contributed by atoms with van der Waals surface area (Å²) < 4.78 is 30.9. The Labute approximate surface area is 138 Å². The van der Waals surface area contributed by atoms with Crippen LogP contribution in [0.3, 0.4) is 0 Å². The van der Waals surface area contributed by atoms with Gasteiger partial charge in [-0.1, -0.05) is 12.1 Å². The van der Waals surface area contributed by atoms with Gasteiger partial charge in [-0.2, -0.15) is 0 Å². The number of hydrogen-bond acceptors (Lipinski definition) is 4. The lowest BCUT2D eigenvalue weighted by molar-refractivity contribution is 0.0818. The van der Waals surface area contributed by atoms with Gasteiger partial charge in [-0.05, 0) is 24.6 Å². The third-order valence-electron chi connectivity index (χ3n) is 3.21. The van der Waals surface area contributed by atoms with Gasteiger partial charge < -0.3 is 19.9 Å². The van der Waals surface area contributed by atoms with E-state index in [1.807, 2.05) is 0 Å². The fourth-order valence-electron chi connectivity index (χ4n) is 2.08. The number of carbonyl (C=O) groups is 1. The molecule has 1 unspecified atom stereocenters. The van der Waals surface area contributed by atoms with Gasteiger partial charge in [-0.3, -0.25) is 0 Å². The first kappa shape index (κ1) is 17.6. The molecule has 0 fully saturated rings. The summed E-state index contributed by atoms with van der Waals surface area (Å²) in [7, 11) is 1.79. The lowest BCUT2D eigenvalue weighted by atomic mass is 10.2. The van der Waals surface area contributed by atoms with Crippen LogP contribution in [0.2, 0.25) is 0 Å².